The summed E-state index contributed by atoms with van der Waals surface area (Å²) in [7, 11) is 0. The van der Waals surface area contributed by atoms with Gasteiger partial charge >= 0.3 is 0 Å². The number of allylic oxidation sites excluding steroid dienone is 4. The predicted molar refractivity (Wildman–Crippen MR) is 182 cm³/mol. The number of fused-ring (bicyclic) bond motifs is 5. The summed E-state index contributed by atoms with van der Waals surface area (Å²) in [5.74, 6) is -0.0660. The first-order chi connectivity index (χ1) is 23.0. The highest BCUT2D eigenvalue weighted by molar-refractivity contribution is 5.92. The third-order valence-electron chi connectivity index (χ3n) is 13.0. The van der Waals surface area contributed by atoms with E-state index in [0.29, 0.717) is 38.0 Å². The zero-order valence-electron chi connectivity index (χ0n) is 28.6. The molecular weight excluding hydrogens is 608 g/mol. The van der Waals surface area contributed by atoms with Crippen molar-refractivity contribution in [2.75, 3.05) is 20.0 Å². The molecule has 262 valence electrons. The maximum atomic E-state index is 13.5. The fourth-order valence-electron chi connectivity index (χ4n) is 10.0. The Hall–Kier alpha value is -2.46. The second-order valence-electron chi connectivity index (χ2n) is 15.6. The van der Waals surface area contributed by atoms with E-state index >= 15 is 0 Å². The molecule has 4 N–H and O–H groups in total. The standard InChI is InChI=1S/C40H54O8/c1-38-18-14-29(42)22-27(38)9-12-32-33(38)15-19-39(2)34(32)16-20-40(39,46)37(45)24-48-25-47-21-17-31-30(35(43)23-36(31)44)13-11-28(41)10-8-26-6-4-3-5-7-26/h3-7,11,13,15,22,28,30-32,34-36,41,43-44,46H,8-10,12,14,16-21,23-25H2,1-2H3/b13-11+/t28-,30+,31+,32+,34-,35+,36-,38-,39-,40-/m0/s1. The molecule has 10 atom stereocenters. The monoisotopic (exact) mass is 662 g/mol. The number of aliphatic hydroxyl groups is 4. The Bertz CT molecular complexity index is 1420. The fraction of sp³-hybridized carbons (Fsp3) is 0.650. The Balaban J connectivity index is 0.966. The highest BCUT2D eigenvalue weighted by Gasteiger charge is 2.64. The van der Waals surface area contributed by atoms with E-state index in [2.05, 4.69) is 19.9 Å². The summed E-state index contributed by atoms with van der Waals surface area (Å²) in [6.45, 7) is 4.29. The number of Topliss-reactive ketones (excluding diaryl/α,β-unsaturated/α-hetero) is 1. The van der Waals surface area contributed by atoms with Gasteiger partial charge in [0.05, 0.1) is 18.3 Å². The number of benzene rings is 1. The number of ketones is 2. The summed E-state index contributed by atoms with van der Waals surface area (Å²) in [4.78, 5) is 25.7. The molecule has 0 aliphatic heterocycles. The molecule has 1 aromatic carbocycles. The normalized spacial score (nSPS) is 38.2. The lowest BCUT2D eigenvalue weighted by Gasteiger charge is -2.54. The highest BCUT2D eigenvalue weighted by atomic mass is 16.7. The number of aliphatic hydroxyl groups excluding tert-OH is 3. The van der Waals surface area contributed by atoms with E-state index in [9.17, 15) is 30.0 Å². The van der Waals surface area contributed by atoms with Crippen LogP contribution in [0.15, 0.2) is 65.8 Å². The number of ether oxygens (including phenoxy) is 2. The summed E-state index contributed by atoms with van der Waals surface area (Å²) in [6, 6.07) is 9.98. The Labute approximate surface area is 284 Å². The van der Waals surface area contributed by atoms with Gasteiger partial charge < -0.3 is 29.9 Å². The lowest BCUT2D eigenvalue weighted by Crippen LogP contribution is -2.55. The summed E-state index contributed by atoms with van der Waals surface area (Å²) in [6.07, 6.45) is 12.9. The first kappa shape index (κ1) is 35.4. The summed E-state index contributed by atoms with van der Waals surface area (Å²) in [5, 5.41) is 43.6. The van der Waals surface area contributed by atoms with E-state index in [4.69, 9.17) is 9.47 Å². The minimum atomic E-state index is -1.46. The first-order valence-electron chi connectivity index (χ1n) is 18.1. The van der Waals surface area contributed by atoms with Crippen LogP contribution in [0.4, 0.5) is 0 Å². The molecule has 5 aliphatic carbocycles. The number of aryl methyl sites for hydroxylation is 1. The molecule has 1 aromatic rings. The molecule has 0 saturated heterocycles. The maximum Gasteiger partial charge on any atom is 0.190 e. The van der Waals surface area contributed by atoms with Crippen LogP contribution in [-0.4, -0.2) is 75.9 Å². The van der Waals surface area contributed by atoms with Gasteiger partial charge in [-0.05, 0) is 87.2 Å². The van der Waals surface area contributed by atoms with Gasteiger partial charge in [0.1, 0.15) is 19.0 Å². The molecule has 8 nitrogen and oxygen atoms in total. The van der Waals surface area contributed by atoms with Crippen LogP contribution < -0.4 is 0 Å². The fourth-order valence-corrected chi connectivity index (χ4v) is 10.0. The van der Waals surface area contributed by atoms with Gasteiger partial charge in [0, 0.05) is 36.2 Å². The molecular formula is C40H54O8. The van der Waals surface area contributed by atoms with Gasteiger partial charge in [-0.15, -0.1) is 0 Å². The van der Waals surface area contributed by atoms with Crippen molar-refractivity contribution in [3.63, 3.8) is 0 Å². The van der Waals surface area contributed by atoms with Crippen molar-refractivity contribution >= 4 is 11.6 Å². The maximum absolute atomic E-state index is 13.5. The van der Waals surface area contributed by atoms with E-state index in [1.165, 1.54) is 11.1 Å². The van der Waals surface area contributed by atoms with Crippen LogP contribution in [0, 0.1) is 34.5 Å². The molecule has 8 heteroatoms. The lowest BCUT2D eigenvalue weighted by molar-refractivity contribution is -0.162. The van der Waals surface area contributed by atoms with Gasteiger partial charge in [-0.1, -0.05) is 73.6 Å². The largest absolute Gasteiger partial charge is 0.393 e. The topological polar surface area (TPSA) is 134 Å². The van der Waals surface area contributed by atoms with Crippen LogP contribution in [0.25, 0.3) is 0 Å². The molecule has 3 saturated carbocycles. The van der Waals surface area contributed by atoms with Crippen molar-refractivity contribution in [1.82, 2.24) is 0 Å². The van der Waals surface area contributed by atoms with Crippen molar-refractivity contribution in [2.45, 2.75) is 108 Å². The van der Waals surface area contributed by atoms with E-state index < -0.39 is 29.3 Å². The van der Waals surface area contributed by atoms with E-state index in [1.807, 2.05) is 42.5 Å². The smallest absolute Gasteiger partial charge is 0.190 e. The van der Waals surface area contributed by atoms with E-state index in [0.717, 1.165) is 37.7 Å². The van der Waals surface area contributed by atoms with Crippen LogP contribution in [0.1, 0.15) is 83.6 Å². The number of hydrogen-bond donors (Lipinski definition) is 4. The summed E-state index contributed by atoms with van der Waals surface area (Å²) in [5.41, 5.74) is 1.70. The zero-order valence-corrected chi connectivity index (χ0v) is 28.6. The Morgan fingerprint density at radius 3 is 2.65 bits per heavy atom. The quantitative estimate of drug-likeness (QED) is 0.131. The number of carbonyl (C=O) groups excluding carboxylic acids is 2. The molecule has 48 heavy (non-hydrogen) atoms. The average molecular weight is 663 g/mol. The van der Waals surface area contributed by atoms with Crippen LogP contribution >= 0.6 is 0 Å². The number of carbonyl (C=O) groups is 2. The SMILES string of the molecule is C[C@]12CCC(=O)C=C1CC[C@@H]1C2=CC[C@@]2(C)[C@H]1CC[C@]2(O)C(=O)COCOCC[C@@H]1[C@@H](/C=C/[C@@H](O)CCc2ccccc2)[C@H](O)C[C@@H]1O. The molecule has 3 fully saturated rings. The lowest BCUT2D eigenvalue weighted by atomic mass is 9.50. The molecule has 0 radical (unpaired) electrons. The minimum absolute atomic E-state index is 0.0873. The average Bonchev–Trinajstić information content (AvgIpc) is 3.51. The summed E-state index contributed by atoms with van der Waals surface area (Å²) < 4.78 is 11.3. The molecule has 0 spiro atoms. The van der Waals surface area contributed by atoms with Crippen molar-refractivity contribution in [1.29, 1.82) is 0 Å². The van der Waals surface area contributed by atoms with Crippen molar-refractivity contribution in [3.05, 3.63) is 71.3 Å². The number of hydrogen-bond acceptors (Lipinski definition) is 8. The third-order valence-corrected chi connectivity index (χ3v) is 13.0. The molecule has 0 amide bonds. The van der Waals surface area contributed by atoms with Gasteiger partial charge in [0.2, 0.25) is 0 Å². The van der Waals surface area contributed by atoms with Crippen LogP contribution in [-0.2, 0) is 25.5 Å². The van der Waals surface area contributed by atoms with Gasteiger partial charge in [-0.25, -0.2) is 0 Å². The molecule has 0 aromatic heterocycles. The Morgan fingerprint density at radius 1 is 1.06 bits per heavy atom. The first-order valence-corrected chi connectivity index (χ1v) is 18.1. The van der Waals surface area contributed by atoms with Crippen molar-refractivity contribution in [3.8, 4) is 0 Å². The van der Waals surface area contributed by atoms with Gasteiger partial charge in [-0.3, -0.25) is 9.59 Å². The Morgan fingerprint density at radius 2 is 1.85 bits per heavy atom. The van der Waals surface area contributed by atoms with E-state index in [-0.39, 0.29) is 61.2 Å². The molecule has 6 rings (SSSR count). The molecule has 0 unspecified atom stereocenters. The molecule has 0 heterocycles. The van der Waals surface area contributed by atoms with E-state index in [1.54, 1.807) is 6.08 Å². The van der Waals surface area contributed by atoms with Crippen LogP contribution in [0.3, 0.4) is 0 Å². The molecule has 5 aliphatic rings. The second kappa shape index (κ2) is 14.4. The van der Waals surface area contributed by atoms with Gasteiger partial charge in [0.25, 0.3) is 0 Å². The van der Waals surface area contributed by atoms with Crippen molar-refractivity contribution < 1.29 is 39.5 Å². The molecule has 0 bridgehead atoms. The second-order valence-corrected chi connectivity index (χ2v) is 15.6. The Kier molecular flexibility index (Phi) is 10.6. The van der Waals surface area contributed by atoms with Crippen LogP contribution in [0.2, 0.25) is 0 Å². The third kappa shape index (κ3) is 6.69. The highest BCUT2D eigenvalue weighted by Crippen LogP contribution is 2.65. The van der Waals surface area contributed by atoms with Gasteiger partial charge in [0.15, 0.2) is 11.6 Å². The van der Waals surface area contributed by atoms with Gasteiger partial charge in [-0.2, -0.15) is 0 Å². The summed E-state index contributed by atoms with van der Waals surface area (Å²) >= 11 is 0. The minimum Gasteiger partial charge on any atom is -0.393 e. The number of rotatable bonds is 13. The zero-order chi connectivity index (χ0) is 34.1. The van der Waals surface area contributed by atoms with Crippen LogP contribution in [0.5, 0.6) is 0 Å². The van der Waals surface area contributed by atoms with Crippen molar-refractivity contribution in [2.24, 2.45) is 34.5 Å². The predicted octanol–water partition coefficient (Wildman–Crippen LogP) is 5.03.